The van der Waals surface area contributed by atoms with Gasteiger partial charge in [-0.3, -0.25) is 0 Å². The molecule has 0 bridgehead atoms. The van der Waals surface area contributed by atoms with Crippen LogP contribution >= 0.6 is 0 Å². The summed E-state index contributed by atoms with van der Waals surface area (Å²) in [5.74, 6) is 1.54. The van der Waals surface area contributed by atoms with Crippen molar-refractivity contribution in [2.75, 3.05) is 0 Å². The van der Waals surface area contributed by atoms with Gasteiger partial charge in [0, 0.05) is 5.56 Å². The standard InChI is InChI=1S/C14H10O3S/c15-11-14(12-7-3-1-4-8-12)18(16,17)13-9-5-2-6-10-13/h1-10H. The predicted octanol–water partition coefficient (Wildman–Crippen LogP) is 2.33. The Balaban J connectivity index is 2.58. The van der Waals surface area contributed by atoms with Gasteiger partial charge in [-0.2, -0.15) is 0 Å². The first kappa shape index (κ1) is 12.3. The molecule has 0 aliphatic carbocycles. The van der Waals surface area contributed by atoms with Crippen LogP contribution in [-0.2, 0) is 14.6 Å². The van der Waals surface area contributed by atoms with Crippen LogP contribution in [0, 0.1) is 0 Å². The second kappa shape index (κ2) is 5.00. The number of carbonyl (C=O) groups excluding carboxylic acids is 1. The summed E-state index contributed by atoms with van der Waals surface area (Å²) in [6.45, 7) is 0. The van der Waals surface area contributed by atoms with Crippen molar-refractivity contribution in [2.45, 2.75) is 4.90 Å². The summed E-state index contributed by atoms with van der Waals surface area (Å²) < 4.78 is 24.5. The van der Waals surface area contributed by atoms with Gasteiger partial charge in [0.15, 0.2) is 4.91 Å². The first-order valence-electron chi connectivity index (χ1n) is 5.27. The summed E-state index contributed by atoms with van der Waals surface area (Å²) >= 11 is 0. The molecule has 90 valence electrons. The number of benzene rings is 2. The maximum atomic E-state index is 12.3. The highest BCUT2D eigenvalue weighted by molar-refractivity contribution is 8.01. The number of sulfone groups is 1. The van der Waals surface area contributed by atoms with Gasteiger partial charge in [0.25, 0.3) is 0 Å². The third kappa shape index (κ3) is 2.25. The Morgan fingerprint density at radius 3 is 1.83 bits per heavy atom. The van der Waals surface area contributed by atoms with Crippen LogP contribution in [0.4, 0.5) is 0 Å². The smallest absolute Gasteiger partial charge is 0.217 e. The molecule has 2 aromatic carbocycles. The average molecular weight is 258 g/mol. The molecule has 2 aromatic rings. The molecule has 0 heterocycles. The van der Waals surface area contributed by atoms with Crippen LogP contribution in [0.1, 0.15) is 5.56 Å². The normalized spacial score (nSPS) is 10.7. The number of hydrogen-bond acceptors (Lipinski definition) is 3. The summed E-state index contributed by atoms with van der Waals surface area (Å²) in [6.07, 6.45) is 0. The van der Waals surface area contributed by atoms with Crippen molar-refractivity contribution in [1.29, 1.82) is 0 Å². The zero-order valence-electron chi connectivity index (χ0n) is 9.41. The lowest BCUT2D eigenvalue weighted by Gasteiger charge is -2.05. The minimum absolute atomic E-state index is 0.0900. The van der Waals surface area contributed by atoms with Gasteiger partial charge in [0.05, 0.1) is 4.90 Å². The zero-order valence-corrected chi connectivity index (χ0v) is 10.2. The summed E-state index contributed by atoms with van der Waals surface area (Å²) in [7, 11) is -3.81. The highest BCUT2D eigenvalue weighted by atomic mass is 32.2. The first-order valence-corrected chi connectivity index (χ1v) is 6.75. The summed E-state index contributed by atoms with van der Waals surface area (Å²) in [6, 6.07) is 16.1. The van der Waals surface area contributed by atoms with Gasteiger partial charge in [0.1, 0.15) is 5.94 Å². The molecule has 3 nitrogen and oxygen atoms in total. The molecule has 0 radical (unpaired) electrons. The monoisotopic (exact) mass is 258 g/mol. The minimum Gasteiger partial charge on any atom is -0.232 e. The van der Waals surface area contributed by atoms with Crippen LogP contribution in [-0.4, -0.2) is 14.4 Å². The highest BCUT2D eigenvalue weighted by Gasteiger charge is 2.23. The fourth-order valence-electron chi connectivity index (χ4n) is 1.58. The molecule has 0 saturated heterocycles. The molecule has 2 rings (SSSR count). The van der Waals surface area contributed by atoms with Crippen molar-refractivity contribution in [2.24, 2.45) is 0 Å². The lowest BCUT2D eigenvalue weighted by atomic mass is 10.2. The zero-order chi connectivity index (χ0) is 13.0. The molecule has 0 saturated carbocycles. The lowest BCUT2D eigenvalue weighted by molar-refractivity contribution is 0.569. The van der Waals surface area contributed by atoms with E-state index in [1.165, 1.54) is 18.1 Å². The van der Waals surface area contributed by atoms with E-state index >= 15 is 0 Å². The third-order valence-electron chi connectivity index (χ3n) is 2.45. The van der Waals surface area contributed by atoms with Crippen LogP contribution in [0.2, 0.25) is 0 Å². The van der Waals surface area contributed by atoms with Gasteiger partial charge in [-0.25, -0.2) is 13.2 Å². The highest BCUT2D eigenvalue weighted by Crippen LogP contribution is 2.25. The van der Waals surface area contributed by atoms with E-state index in [0.29, 0.717) is 5.56 Å². The molecular weight excluding hydrogens is 248 g/mol. The van der Waals surface area contributed by atoms with Crippen molar-refractivity contribution in [3.63, 3.8) is 0 Å². The van der Waals surface area contributed by atoms with Crippen molar-refractivity contribution in [1.82, 2.24) is 0 Å². The molecular formula is C14H10O3S. The van der Waals surface area contributed by atoms with E-state index in [4.69, 9.17) is 0 Å². The topological polar surface area (TPSA) is 51.2 Å². The Kier molecular flexibility index (Phi) is 3.42. The number of rotatable bonds is 3. The van der Waals surface area contributed by atoms with Gasteiger partial charge >= 0.3 is 0 Å². The van der Waals surface area contributed by atoms with Gasteiger partial charge < -0.3 is 0 Å². The molecule has 0 aliphatic heterocycles. The van der Waals surface area contributed by atoms with E-state index in [-0.39, 0.29) is 9.80 Å². The molecule has 0 unspecified atom stereocenters. The fraction of sp³-hybridized carbons (Fsp3) is 0. The Labute approximate surface area is 105 Å². The minimum atomic E-state index is -3.81. The summed E-state index contributed by atoms with van der Waals surface area (Å²) in [4.78, 5) is 10.7. The largest absolute Gasteiger partial charge is 0.232 e. The van der Waals surface area contributed by atoms with Gasteiger partial charge in [-0.15, -0.1) is 0 Å². The molecule has 0 atom stereocenters. The van der Waals surface area contributed by atoms with Crippen LogP contribution in [0.15, 0.2) is 65.6 Å². The van der Waals surface area contributed by atoms with Crippen molar-refractivity contribution in [3.8, 4) is 0 Å². The van der Waals surface area contributed by atoms with Gasteiger partial charge in [-0.05, 0) is 12.1 Å². The molecule has 0 N–H and O–H groups in total. The molecule has 0 fully saturated rings. The van der Waals surface area contributed by atoms with Gasteiger partial charge in [-0.1, -0.05) is 48.5 Å². The molecule has 0 aromatic heterocycles. The van der Waals surface area contributed by atoms with E-state index in [1.807, 2.05) is 0 Å². The van der Waals surface area contributed by atoms with Crippen LogP contribution in [0.5, 0.6) is 0 Å². The second-order valence-electron chi connectivity index (χ2n) is 3.61. The molecule has 0 amide bonds. The third-order valence-corrected chi connectivity index (χ3v) is 4.20. The average Bonchev–Trinajstić information content (AvgIpc) is 2.41. The van der Waals surface area contributed by atoms with E-state index in [2.05, 4.69) is 0 Å². The Bertz CT molecular complexity index is 682. The first-order chi connectivity index (χ1) is 8.66. The van der Waals surface area contributed by atoms with Crippen LogP contribution in [0.3, 0.4) is 0 Å². The van der Waals surface area contributed by atoms with Gasteiger partial charge in [0.2, 0.25) is 9.84 Å². The van der Waals surface area contributed by atoms with Crippen LogP contribution in [0.25, 0.3) is 4.91 Å². The van der Waals surface area contributed by atoms with Crippen LogP contribution < -0.4 is 0 Å². The van der Waals surface area contributed by atoms with Crippen molar-refractivity contribution in [3.05, 3.63) is 66.2 Å². The number of hydrogen-bond donors (Lipinski definition) is 0. The quantitative estimate of drug-likeness (QED) is 0.794. The lowest BCUT2D eigenvalue weighted by Crippen LogP contribution is -2.04. The van der Waals surface area contributed by atoms with Crippen molar-refractivity contribution >= 4 is 20.7 Å². The second-order valence-corrected chi connectivity index (χ2v) is 5.50. The summed E-state index contributed by atoms with van der Waals surface area (Å²) in [5.41, 5.74) is 0.344. The SMILES string of the molecule is O=C=C(c1ccccc1)S(=O)(=O)c1ccccc1. The Morgan fingerprint density at radius 1 is 0.833 bits per heavy atom. The molecule has 18 heavy (non-hydrogen) atoms. The maximum Gasteiger partial charge on any atom is 0.217 e. The summed E-state index contributed by atoms with van der Waals surface area (Å²) in [5, 5.41) is 0. The molecule has 0 spiro atoms. The Hall–Kier alpha value is -2.16. The maximum absolute atomic E-state index is 12.3. The molecule has 0 aliphatic rings. The van der Waals surface area contributed by atoms with E-state index in [0.717, 1.165) is 0 Å². The van der Waals surface area contributed by atoms with E-state index < -0.39 is 9.84 Å². The Morgan fingerprint density at radius 2 is 1.33 bits per heavy atom. The van der Waals surface area contributed by atoms with E-state index in [1.54, 1.807) is 48.5 Å². The van der Waals surface area contributed by atoms with Crippen molar-refractivity contribution < 1.29 is 13.2 Å². The molecule has 4 heteroatoms. The van der Waals surface area contributed by atoms with E-state index in [9.17, 15) is 13.2 Å². The predicted molar refractivity (Wildman–Crippen MR) is 69.2 cm³/mol. The fourth-order valence-corrected chi connectivity index (χ4v) is 2.88.